The van der Waals surface area contributed by atoms with Gasteiger partial charge in [0.1, 0.15) is 0 Å². The number of carbonyl (C=O) groups is 1. The number of ketones is 1. The van der Waals surface area contributed by atoms with Crippen LogP contribution in [0.3, 0.4) is 0 Å². The minimum absolute atomic E-state index is 0.0260. The first kappa shape index (κ1) is 13.0. The zero-order chi connectivity index (χ0) is 13.3. The second-order valence-corrected chi connectivity index (χ2v) is 4.43. The summed E-state index contributed by atoms with van der Waals surface area (Å²) in [7, 11) is 0. The average molecular weight is 287 g/mol. The van der Waals surface area contributed by atoms with Crippen molar-refractivity contribution in [2.24, 2.45) is 0 Å². The van der Waals surface area contributed by atoms with Gasteiger partial charge >= 0.3 is 0 Å². The molecule has 0 aliphatic heterocycles. The summed E-state index contributed by atoms with van der Waals surface area (Å²) in [4.78, 5) is 12.0. The van der Waals surface area contributed by atoms with Crippen LogP contribution >= 0.6 is 23.2 Å². The summed E-state index contributed by atoms with van der Waals surface area (Å²) in [6.45, 7) is 0. The van der Waals surface area contributed by atoms with Crippen molar-refractivity contribution in [3.05, 3.63) is 69.2 Å². The normalized spacial score (nSPS) is 10.4. The molecule has 0 saturated heterocycles. The molecule has 0 atom stereocenters. The largest absolute Gasteiger partial charge is 0.289 e. The molecule has 18 heavy (non-hydrogen) atoms. The van der Waals surface area contributed by atoms with Gasteiger partial charge in [-0.2, -0.15) is 0 Å². The number of hydrogen-bond donors (Lipinski definition) is 0. The van der Waals surface area contributed by atoms with Gasteiger partial charge in [0.25, 0.3) is 0 Å². The highest BCUT2D eigenvalue weighted by molar-refractivity contribution is 6.37. The lowest BCUT2D eigenvalue weighted by atomic mass is 10.0. The first-order chi connectivity index (χ1) is 8.49. The minimum Gasteiger partial charge on any atom is -0.289 e. The zero-order valence-corrected chi connectivity index (χ0v) is 10.4. The zero-order valence-electron chi connectivity index (χ0n) is 8.88. The van der Waals surface area contributed by atoms with E-state index in [0.29, 0.717) is 5.02 Å². The molecule has 0 aliphatic carbocycles. The van der Waals surface area contributed by atoms with E-state index < -0.39 is 17.4 Å². The van der Waals surface area contributed by atoms with Crippen molar-refractivity contribution in [2.45, 2.75) is 0 Å². The van der Waals surface area contributed by atoms with Gasteiger partial charge in [0.05, 0.1) is 5.02 Å². The van der Waals surface area contributed by atoms with Crippen molar-refractivity contribution >= 4 is 29.0 Å². The molecule has 0 heterocycles. The molecule has 0 bridgehead atoms. The fourth-order valence-corrected chi connectivity index (χ4v) is 1.96. The Morgan fingerprint density at radius 1 is 0.944 bits per heavy atom. The summed E-state index contributed by atoms with van der Waals surface area (Å²) in [6.07, 6.45) is 0. The molecule has 0 spiro atoms. The molecule has 5 heteroatoms. The number of benzene rings is 2. The van der Waals surface area contributed by atoms with E-state index in [1.165, 1.54) is 24.3 Å². The van der Waals surface area contributed by atoms with E-state index in [4.69, 9.17) is 23.2 Å². The maximum Gasteiger partial charge on any atom is 0.194 e. The molecule has 0 fully saturated rings. The number of halogens is 4. The number of rotatable bonds is 2. The van der Waals surface area contributed by atoms with Gasteiger partial charge in [0.15, 0.2) is 17.4 Å². The fourth-order valence-electron chi connectivity index (χ4n) is 1.47. The standard InChI is InChI=1S/C13H6Cl2F2O/c14-8-2-3-9(10(15)6-8)13(18)7-1-4-11(16)12(17)5-7/h1-6H. The van der Waals surface area contributed by atoms with E-state index in [1.54, 1.807) is 0 Å². The maximum absolute atomic E-state index is 13.0. The SMILES string of the molecule is O=C(c1ccc(F)c(F)c1)c1ccc(Cl)cc1Cl. The lowest BCUT2D eigenvalue weighted by Crippen LogP contribution is -2.03. The van der Waals surface area contributed by atoms with Gasteiger partial charge in [-0.3, -0.25) is 4.79 Å². The predicted octanol–water partition coefficient (Wildman–Crippen LogP) is 4.50. The van der Waals surface area contributed by atoms with E-state index in [2.05, 4.69) is 0 Å². The number of carbonyl (C=O) groups excluding carboxylic acids is 1. The van der Waals surface area contributed by atoms with Crippen LogP contribution in [0.1, 0.15) is 15.9 Å². The molecule has 0 unspecified atom stereocenters. The Balaban J connectivity index is 2.44. The van der Waals surface area contributed by atoms with Crippen molar-refractivity contribution in [3.8, 4) is 0 Å². The third-order valence-corrected chi connectivity index (χ3v) is 2.91. The maximum atomic E-state index is 13.0. The molecule has 0 amide bonds. The molecule has 2 aromatic carbocycles. The Morgan fingerprint density at radius 3 is 2.28 bits per heavy atom. The van der Waals surface area contributed by atoms with E-state index in [1.807, 2.05) is 0 Å². The molecule has 0 radical (unpaired) electrons. The Bertz CT molecular complexity index is 626. The molecule has 2 aromatic rings. The Kier molecular flexibility index (Phi) is 3.64. The van der Waals surface area contributed by atoms with Crippen LogP contribution in [0, 0.1) is 11.6 Å². The third kappa shape index (κ3) is 2.52. The van der Waals surface area contributed by atoms with Crippen LogP contribution in [0.25, 0.3) is 0 Å². The summed E-state index contributed by atoms with van der Waals surface area (Å²) in [6, 6.07) is 7.28. The summed E-state index contributed by atoms with van der Waals surface area (Å²) in [5.74, 6) is -2.57. The molecule has 0 saturated carbocycles. The topological polar surface area (TPSA) is 17.1 Å². The van der Waals surface area contributed by atoms with E-state index in [-0.39, 0.29) is 16.1 Å². The van der Waals surface area contributed by atoms with Gasteiger partial charge in [-0.1, -0.05) is 23.2 Å². The molecule has 0 aromatic heterocycles. The molecular formula is C13H6Cl2F2O. The van der Waals surface area contributed by atoms with E-state index in [0.717, 1.165) is 12.1 Å². The monoisotopic (exact) mass is 286 g/mol. The van der Waals surface area contributed by atoms with Gasteiger partial charge < -0.3 is 0 Å². The smallest absolute Gasteiger partial charge is 0.194 e. The van der Waals surface area contributed by atoms with Crippen LogP contribution in [0.4, 0.5) is 8.78 Å². The Labute approximate surface area is 112 Å². The first-order valence-electron chi connectivity index (χ1n) is 4.94. The van der Waals surface area contributed by atoms with E-state index >= 15 is 0 Å². The first-order valence-corrected chi connectivity index (χ1v) is 5.69. The molecule has 1 nitrogen and oxygen atoms in total. The summed E-state index contributed by atoms with van der Waals surface area (Å²) in [5, 5.41) is 0.555. The molecule has 0 N–H and O–H groups in total. The minimum atomic E-state index is -1.08. The van der Waals surface area contributed by atoms with Crippen LogP contribution in [-0.2, 0) is 0 Å². The molecular weight excluding hydrogens is 281 g/mol. The van der Waals surface area contributed by atoms with Crippen LogP contribution in [0.15, 0.2) is 36.4 Å². The van der Waals surface area contributed by atoms with Crippen molar-refractivity contribution in [2.75, 3.05) is 0 Å². The quantitative estimate of drug-likeness (QED) is 0.743. The van der Waals surface area contributed by atoms with Crippen molar-refractivity contribution in [3.63, 3.8) is 0 Å². The second-order valence-electron chi connectivity index (χ2n) is 3.58. The van der Waals surface area contributed by atoms with E-state index in [9.17, 15) is 13.6 Å². The van der Waals surface area contributed by atoms with Crippen LogP contribution in [-0.4, -0.2) is 5.78 Å². The second kappa shape index (κ2) is 5.04. The fraction of sp³-hybridized carbons (Fsp3) is 0. The van der Waals surface area contributed by atoms with Crippen LogP contribution < -0.4 is 0 Å². The Morgan fingerprint density at radius 2 is 1.67 bits per heavy atom. The average Bonchev–Trinajstić information content (AvgIpc) is 2.32. The summed E-state index contributed by atoms with van der Waals surface area (Å²) in [5.41, 5.74) is 0.213. The molecule has 0 aliphatic rings. The van der Waals surface area contributed by atoms with Crippen molar-refractivity contribution < 1.29 is 13.6 Å². The van der Waals surface area contributed by atoms with Crippen LogP contribution in [0.2, 0.25) is 10.0 Å². The third-order valence-electron chi connectivity index (χ3n) is 2.36. The highest BCUT2D eigenvalue weighted by Crippen LogP contribution is 2.24. The van der Waals surface area contributed by atoms with Crippen LogP contribution in [0.5, 0.6) is 0 Å². The number of hydrogen-bond acceptors (Lipinski definition) is 1. The molecule has 2 rings (SSSR count). The lowest BCUT2D eigenvalue weighted by Gasteiger charge is -2.04. The lowest BCUT2D eigenvalue weighted by molar-refractivity contribution is 0.103. The van der Waals surface area contributed by atoms with Crippen molar-refractivity contribution in [1.29, 1.82) is 0 Å². The van der Waals surface area contributed by atoms with Gasteiger partial charge in [-0.15, -0.1) is 0 Å². The summed E-state index contributed by atoms with van der Waals surface area (Å²) < 4.78 is 25.8. The van der Waals surface area contributed by atoms with Gasteiger partial charge in [0.2, 0.25) is 0 Å². The van der Waals surface area contributed by atoms with Gasteiger partial charge in [0, 0.05) is 16.1 Å². The highest BCUT2D eigenvalue weighted by Gasteiger charge is 2.15. The van der Waals surface area contributed by atoms with Crippen molar-refractivity contribution in [1.82, 2.24) is 0 Å². The van der Waals surface area contributed by atoms with Gasteiger partial charge in [-0.25, -0.2) is 8.78 Å². The highest BCUT2D eigenvalue weighted by atomic mass is 35.5. The summed E-state index contributed by atoms with van der Waals surface area (Å²) >= 11 is 11.6. The molecule has 92 valence electrons. The predicted molar refractivity (Wildman–Crippen MR) is 66.3 cm³/mol. The van der Waals surface area contributed by atoms with Gasteiger partial charge in [-0.05, 0) is 36.4 Å². The Hall–Kier alpha value is -1.45.